The lowest BCUT2D eigenvalue weighted by Crippen LogP contribution is -2.40. The third kappa shape index (κ3) is 5.38. The number of alkyl halides is 3. The van der Waals surface area contributed by atoms with Crippen LogP contribution in [0.15, 0.2) is 17.7 Å². The maximum atomic E-state index is 12.8. The number of fused-ring (bicyclic) bond motifs is 1. The topological polar surface area (TPSA) is 83.8 Å². The van der Waals surface area contributed by atoms with E-state index in [9.17, 15) is 22.8 Å². The molecule has 5 nitrogen and oxygen atoms in total. The molecule has 1 aliphatic heterocycles. The highest BCUT2D eigenvalue weighted by Crippen LogP contribution is 2.39. The molecular formula is C16H16ClF3O5. The lowest BCUT2D eigenvalue weighted by molar-refractivity contribution is -0.187. The summed E-state index contributed by atoms with van der Waals surface area (Å²) in [6.45, 7) is 4.90. The molecule has 0 saturated carbocycles. The van der Waals surface area contributed by atoms with Crippen LogP contribution < -0.4 is 4.74 Å². The molecule has 0 bridgehead atoms. The van der Waals surface area contributed by atoms with Crippen LogP contribution in [0.5, 0.6) is 5.75 Å². The van der Waals surface area contributed by atoms with Gasteiger partial charge in [-0.05, 0) is 30.7 Å². The van der Waals surface area contributed by atoms with Crippen molar-refractivity contribution in [1.29, 1.82) is 0 Å². The zero-order chi connectivity index (χ0) is 19.5. The molecule has 1 aromatic carbocycles. The molecule has 1 heterocycles. The van der Waals surface area contributed by atoms with Crippen LogP contribution in [0.4, 0.5) is 13.2 Å². The van der Waals surface area contributed by atoms with Crippen LogP contribution in [0.2, 0.25) is 5.02 Å². The zero-order valence-corrected chi connectivity index (χ0v) is 14.3. The van der Waals surface area contributed by atoms with Gasteiger partial charge >= 0.3 is 18.1 Å². The van der Waals surface area contributed by atoms with Crippen LogP contribution in [-0.2, 0) is 9.59 Å². The van der Waals surface area contributed by atoms with Crippen molar-refractivity contribution in [3.8, 4) is 5.75 Å². The molecule has 0 saturated heterocycles. The van der Waals surface area contributed by atoms with Crippen molar-refractivity contribution in [3.63, 3.8) is 0 Å². The maximum Gasteiger partial charge on any atom is 0.430 e. The van der Waals surface area contributed by atoms with E-state index in [0.717, 1.165) is 6.08 Å². The summed E-state index contributed by atoms with van der Waals surface area (Å²) >= 11 is 5.84. The number of benzene rings is 1. The van der Waals surface area contributed by atoms with E-state index in [4.69, 9.17) is 26.6 Å². The Hall–Kier alpha value is -2.22. The fourth-order valence-electron chi connectivity index (χ4n) is 1.74. The number of carboxylic acids is 2. The van der Waals surface area contributed by atoms with Crippen LogP contribution in [0.25, 0.3) is 6.08 Å². The van der Waals surface area contributed by atoms with E-state index < -0.39 is 29.8 Å². The van der Waals surface area contributed by atoms with Crippen molar-refractivity contribution in [2.75, 3.05) is 0 Å². The van der Waals surface area contributed by atoms with E-state index in [1.54, 1.807) is 20.8 Å². The van der Waals surface area contributed by atoms with Crippen molar-refractivity contribution in [2.45, 2.75) is 33.1 Å². The molecule has 1 atom stereocenters. The van der Waals surface area contributed by atoms with Crippen LogP contribution in [-0.4, -0.2) is 34.4 Å². The van der Waals surface area contributed by atoms with Crippen LogP contribution >= 0.6 is 11.6 Å². The van der Waals surface area contributed by atoms with Gasteiger partial charge in [-0.2, -0.15) is 13.2 Å². The van der Waals surface area contributed by atoms with E-state index in [2.05, 4.69) is 0 Å². The summed E-state index contributed by atoms with van der Waals surface area (Å²) in [6, 6.07) is 2.73. The Kier molecular flexibility index (Phi) is 6.48. The van der Waals surface area contributed by atoms with Gasteiger partial charge in [0.15, 0.2) is 0 Å². The molecule has 1 unspecified atom stereocenters. The molecule has 0 aliphatic carbocycles. The third-order valence-electron chi connectivity index (χ3n) is 3.17. The monoisotopic (exact) mass is 380 g/mol. The summed E-state index contributed by atoms with van der Waals surface area (Å²) in [4.78, 5) is 20.6. The van der Waals surface area contributed by atoms with E-state index in [-0.39, 0.29) is 17.2 Å². The van der Waals surface area contributed by atoms with Crippen LogP contribution in [0.1, 0.15) is 25.0 Å². The van der Waals surface area contributed by atoms with Crippen molar-refractivity contribution >= 4 is 29.6 Å². The average Bonchev–Trinajstić information content (AvgIpc) is 2.46. The van der Waals surface area contributed by atoms with Crippen LogP contribution in [0.3, 0.4) is 0 Å². The van der Waals surface area contributed by atoms with Gasteiger partial charge in [-0.3, -0.25) is 4.79 Å². The summed E-state index contributed by atoms with van der Waals surface area (Å²) in [7, 11) is 0. The molecule has 25 heavy (non-hydrogen) atoms. The molecule has 1 aliphatic rings. The average molecular weight is 381 g/mol. The molecule has 2 rings (SSSR count). The molecule has 2 N–H and O–H groups in total. The van der Waals surface area contributed by atoms with Crippen molar-refractivity contribution in [3.05, 3.63) is 33.9 Å². The Morgan fingerprint density at radius 3 is 2.16 bits per heavy atom. The molecule has 0 spiro atoms. The van der Waals surface area contributed by atoms with Gasteiger partial charge in [-0.25, -0.2) is 4.79 Å². The SMILES string of the molecule is CC(C)C(=O)O.Cc1cc2c(cc1Cl)C=C(C(=O)O)C(C(F)(F)F)O2. The number of aliphatic carboxylic acids is 2. The minimum atomic E-state index is -4.80. The Bertz CT molecular complexity index is 710. The Morgan fingerprint density at radius 2 is 1.76 bits per heavy atom. The van der Waals surface area contributed by atoms with Crippen LogP contribution in [0, 0.1) is 12.8 Å². The third-order valence-corrected chi connectivity index (χ3v) is 3.57. The quantitative estimate of drug-likeness (QED) is 0.804. The number of aryl methyl sites for hydroxylation is 1. The number of carboxylic acid groups (broad SMARTS) is 2. The zero-order valence-electron chi connectivity index (χ0n) is 13.5. The molecule has 138 valence electrons. The number of carbonyl (C=O) groups is 2. The standard InChI is InChI=1S/C12H8ClF3O3.C4H8O2/c1-5-2-9-6(4-8(5)13)3-7(11(17)18)10(19-9)12(14,15)16;1-3(2)4(5)6/h2-4,10H,1H3,(H,17,18);3H,1-2H3,(H,5,6). The first-order valence-corrected chi connectivity index (χ1v) is 7.43. The minimum absolute atomic E-state index is 0.0331. The smallest absolute Gasteiger partial charge is 0.430 e. The Balaban J connectivity index is 0.000000450. The van der Waals surface area contributed by atoms with E-state index in [0.29, 0.717) is 10.6 Å². The highest BCUT2D eigenvalue weighted by Gasteiger charge is 2.48. The normalized spacial score (nSPS) is 16.2. The first-order chi connectivity index (χ1) is 11.3. The highest BCUT2D eigenvalue weighted by atomic mass is 35.5. The fourth-order valence-corrected chi connectivity index (χ4v) is 1.91. The number of halogens is 4. The number of rotatable bonds is 2. The van der Waals surface area contributed by atoms with E-state index in [1.807, 2.05) is 0 Å². The first kappa shape index (κ1) is 20.8. The summed E-state index contributed by atoms with van der Waals surface area (Å²) in [5.41, 5.74) is -0.0954. The number of hydrogen-bond acceptors (Lipinski definition) is 3. The van der Waals surface area contributed by atoms with Gasteiger partial charge < -0.3 is 14.9 Å². The lowest BCUT2D eigenvalue weighted by Gasteiger charge is -2.27. The first-order valence-electron chi connectivity index (χ1n) is 7.05. The summed E-state index contributed by atoms with van der Waals surface area (Å²) in [6.07, 6.45) is -6.34. The van der Waals surface area contributed by atoms with E-state index >= 15 is 0 Å². The van der Waals surface area contributed by atoms with E-state index in [1.165, 1.54) is 12.1 Å². The minimum Gasteiger partial charge on any atom is -0.481 e. The molecule has 1 aromatic rings. The predicted molar refractivity (Wildman–Crippen MR) is 84.7 cm³/mol. The number of ether oxygens (including phenoxy) is 1. The molecule has 0 aromatic heterocycles. The van der Waals surface area contributed by atoms with Gasteiger partial charge in [0.05, 0.1) is 11.5 Å². The predicted octanol–water partition coefficient (Wildman–Crippen LogP) is 4.17. The largest absolute Gasteiger partial charge is 0.481 e. The van der Waals surface area contributed by atoms with Gasteiger partial charge in [0.1, 0.15) is 5.75 Å². The summed E-state index contributed by atoms with van der Waals surface area (Å²) in [5, 5.41) is 17.2. The Morgan fingerprint density at radius 1 is 1.24 bits per heavy atom. The molecule has 0 fully saturated rings. The van der Waals surface area contributed by atoms with Gasteiger partial charge in [0.2, 0.25) is 6.10 Å². The second-order valence-corrected chi connectivity index (χ2v) is 5.98. The summed E-state index contributed by atoms with van der Waals surface area (Å²) in [5.74, 6) is -2.68. The summed E-state index contributed by atoms with van der Waals surface area (Å²) < 4.78 is 43.1. The van der Waals surface area contributed by atoms with Crippen molar-refractivity contribution in [2.24, 2.45) is 5.92 Å². The van der Waals surface area contributed by atoms with Gasteiger partial charge in [-0.15, -0.1) is 0 Å². The highest BCUT2D eigenvalue weighted by molar-refractivity contribution is 6.31. The lowest BCUT2D eigenvalue weighted by atomic mass is 10.00. The molecular weight excluding hydrogens is 365 g/mol. The van der Waals surface area contributed by atoms with Gasteiger partial charge in [-0.1, -0.05) is 25.4 Å². The maximum absolute atomic E-state index is 12.8. The molecule has 0 radical (unpaired) electrons. The van der Waals surface area contributed by atoms with Crippen molar-refractivity contribution < 1.29 is 37.7 Å². The second-order valence-electron chi connectivity index (χ2n) is 5.58. The molecule has 9 heteroatoms. The fraction of sp³-hybridized carbons (Fsp3) is 0.375. The van der Waals surface area contributed by atoms with Gasteiger partial charge in [0.25, 0.3) is 0 Å². The van der Waals surface area contributed by atoms with Crippen molar-refractivity contribution in [1.82, 2.24) is 0 Å². The Labute approximate surface area is 146 Å². The van der Waals surface area contributed by atoms with Gasteiger partial charge in [0, 0.05) is 10.6 Å². The second kappa shape index (κ2) is 7.77. The number of hydrogen-bond donors (Lipinski definition) is 2. The molecule has 0 amide bonds.